The maximum atomic E-state index is 4.69. The summed E-state index contributed by atoms with van der Waals surface area (Å²) in [5.74, 6) is 2.61. The summed E-state index contributed by atoms with van der Waals surface area (Å²) < 4.78 is 0. The van der Waals surface area contributed by atoms with Crippen molar-refractivity contribution in [2.24, 2.45) is 5.92 Å². The molecule has 1 atom stereocenters. The van der Waals surface area contributed by atoms with Crippen molar-refractivity contribution in [2.75, 3.05) is 29.9 Å². The molecule has 0 saturated carbocycles. The standard InChI is InChI=1S/C13H18N4S/c1-3-14-13-15-11(17-6-4-9(2)8-17)10-5-7-18-12(10)16-13/h5,7,9H,3-4,6,8H2,1-2H3,(H,14,15,16). The molecule has 0 radical (unpaired) electrons. The van der Waals surface area contributed by atoms with Crippen molar-refractivity contribution in [3.8, 4) is 0 Å². The van der Waals surface area contributed by atoms with Crippen molar-refractivity contribution in [1.82, 2.24) is 9.97 Å². The summed E-state index contributed by atoms with van der Waals surface area (Å²) in [7, 11) is 0. The normalized spacial score (nSPS) is 19.7. The van der Waals surface area contributed by atoms with E-state index in [4.69, 9.17) is 0 Å². The lowest BCUT2D eigenvalue weighted by Gasteiger charge is -2.18. The highest BCUT2D eigenvalue weighted by Crippen LogP contribution is 2.32. The van der Waals surface area contributed by atoms with E-state index in [1.807, 2.05) is 0 Å². The van der Waals surface area contributed by atoms with Gasteiger partial charge in [0, 0.05) is 19.6 Å². The minimum absolute atomic E-state index is 0.752. The zero-order valence-electron chi connectivity index (χ0n) is 10.8. The Hall–Kier alpha value is -1.36. The van der Waals surface area contributed by atoms with Gasteiger partial charge < -0.3 is 10.2 Å². The highest BCUT2D eigenvalue weighted by Gasteiger charge is 2.22. The largest absolute Gasteiger partial charge is 0.356 e. The number of aromatic nitrogens is 2. The van der Waals surface area contributed by atoms with Crippen LogP contribution in [-0.2, 0) is 0 Å². The Morgan fingerprint density at radius 2 is 2.39 bits per heavy atom. The van der Waals surface area contributed by atoms with E-state index in [0.29, 0.717) is 0 Å². The van der Waals surface area contributed by atoms with Crippen molar-refractivity contribution < 1.29 is 0 Å². The van der Waals surface area contributed by atoms with Crippen LogP contribution in [0.15, 0.2) is 11.4 Å². The van der Waals surface area contributed by atoms with Gasteiger partial charge >= 0.3 is 0 Å². The van der Waals surface area contributed by atoms with Gasteiger partial charge in [0.05, 0.1) is 5.39 Å². The molecule has 18 heavy (non-hydrogen) atoms. The number of hydrogen-bond donors (Lipinski definition) is 1. The van der Waals surface area contributed by atoms with E-state index in [0.717, 1.165) is 42.1 Å². The second-order valence-electron chi connectivity index (χ2n) is 4.88. The molecule has 0 aromatic carbocycles. The van der Waals surface area contributed by atoms with E-state index in [-0.39, 0.29) is 0 Å². The second-order valence-corrected chi connectivity index (χ2v) is 5.78. The molecular formula is C13H18N4S. The summed E-state index contributed by atoms with van der Waals surface area (Å²) in [6, 6.07) is 2.13. The first-order valence-corrected chi connectivity index (χ1v) is 7.40. The molecule has 1 N–H and O–H groups in total. The SMILES string of the molecule is CCNc1nc(N2CCC(C)C2)c2ccsc2n1. The van der Waals surface area contributed by atoms with Gasteiger partial charge in [0.2, 0.25) is 5.95 Å². The van der Waals surface area contributed by atoms with Crippen molar-refractivity contribution in [3.63, 3.8) is 0 Å². The molecular weight excluding hydrogens is 244 g/mol. The van der Waals surface area contributed by atoms with Gasteiger partial charge in [0.1, 0.15) is 10.6 Å². The molecule has 3 rings (SSSR count). The van der Waals surface area contributed by atoms with Crippen molar-refractivity contribution in [3.05, 3.63) is 11.4 Å². The highest BCUT2D eigenvalue weighted by atomic mass is 32.1. The van der Waals surface area contributed by atoms with Crippen LogP contribution in [0.5, 0.6) is 0 Å². The topological polar surface area (TPSA) is 41.1 Å². The second kappa shape index (κ2) is 4.72. The van der Waals surface area contributed by atoms with Gasteiger partial charge in [-0.15, -0.1) is 11.3 Å². The minimum Gasteiger partial charge on any atom is -0.356 e. The fraction of sp³-hybridized carbons (Fsp3) is 0.538. The number of anilines is 2. The first-order valence-electron chi connectivity index (χ1n) is 6.52. The fourth-order valence-corrected chi connectivity index (χ4v) is 3.20. The van der Waals surface area contributed by atoms with E-state index in [9.17, 15) is 0 Å². The molecule has 0 aliphatic carbocycles. The molecule has 1 fully saturated rings. The van der Waals surface area contributed by atoms with E-state index in [1.165, 1.54) is 11.8 Å². The molecule has 0 bridgehead atoms. The Balaban J connectivity index is 2.05. The molecule has 96 valence electrons. The zero-order chi connectivity index (χ0) is 12.5. The van der Waals surface area contributed by atoms with E-state index in [2.05, 4.69) is 45.5 Å². The van der Waals surface area contributed by atoms with Crippen LogP contribution in [0.4, 0.5) is 11.8 Å². The van der Waals surface area contributed by atoms with Crippen molar-refractivity contribution in [1.29, 1.82) is 0 Å². The highest BCUT2D eigenvalue weighted by molar-refractivity contribution is 7.16. The first-order chi connectivity index (χ1) is 8.78. The third kappa shape index (κ3) is 2.03. The van der Waals surface area contributed by atoms with Crippen molar-refractivity contribution in [2.45, 2.75) is 20.3 Å². The Morgan fingerprint density at radius 1 is 1.50 bits per heavy atom. The monoisotopic (exact) mass is 262 g/mol. The Bertz CT molecular complexity index is 551. The lowest BCUT2D eigenvalue weighted by atomic mass is 10.2. The molecule has 0 spiro atoms. The van der Waals surface area contributed by atoms with Crippen LogP contribution in [-0.4, -0.2) is 29.6 Å². The Labute approximate surface area is 111 Å². The maximum absolute atomic E-state index is 4.69. The third-order valence-electron chi connectivity index (χ3n) is 3.36. The number of nitrogens with one attached hydrogen (secondary N) is 1. The van der Waals surface area contributed by atoms with Gasteiger partial charge in [-0.25, -0.2) is 4.98 Å². The summed E-state index contributed by atoms with van der Waals surface area (Å²) >= 11 is 1.68. The molecule has 5 heteroatoms. The quantitative estimate of drug-likeness (QED) is 0.923. The smallest absolute Gasteiger partial charge is 0.226 e. The van der Waals surface area contributed by atoms with Gasteiger partial charge in [0.15, 0.2) is 0 Å². The number of nitrogens with zero attached hydrogens (tertiary/aromatic N) is 3. The summed E-state index contributed by atoms with van der Waals surface area (Å²) in [5, 5.41) is 6.51. The van der Waals surface area contributed by atoms with E-state index in [1.54, 1.807) is 11.3 Å². The molecule has 2 aromatic heterocycles. The van der Waals surface area contributed by atoms with Crippen LogP contribution in [0.2, 0.25) is 0 Å². The average molecular weight is 262 g/mol. The molecule has 3 heterocycles. The summed E-state index contributed by atoms with van der Waals surface area (Å²) in [4.78, 5) is 12.7. The first kappa shape index (κ1) is 11.7. The van der Waals surface area contributed by atoms with Crippen LogP contribution < -0.4 is 10.2 Å². The van der Waals surface area contributed by atoms with Gasteiger partial charge in [-0.05, 0) is 30.7 Å². The Kier molecular flexibility index (Phi) is 3.07. The predicted molar refractivity (Wildman–Crippen MR) is 77.6 cm³/mol. The lowest BCUT2D eigenvalue weighted by molar-refractivity contribution is 0.659. The van der Waals surface area contributed by atoms with Crippen LogP contribution in [0.25, 0.3) is 10.2 Å². The lowest BCUT2D eigenvalue weighted by Crippen LogP contribution is -2.21. The fourth-order valence-electron chi connectivity index (χ4n) is 2.45. The van der Waals surface area contributed by atoms with Crippen LogP contribution >= 0.6 is 11.3 Å². The van der Waals surface area contributed by atoms with Crippen LogP contribution in [0, 0.1) is 5.92 Å². The minimum atomic E-state index is 0.752. The van der Waals surface area contributed by atoms with E-state index < -0.39 is 0 Å². The van der Waals surface area contributed by atoms with Gasteiger partial charge in [-0.1, -0.05) is 6.92 Å². The molecule has 1 unspecified atom stereocenters. The van der Waals surface area contributed by atoms with Gasteiger partial charge in [-0.2, -0.15) is 4.98 Å². The van der Waals surface area contributed by atoms with Crippen LogP contribution in [0.3, 0.4) is 0 Å². The summed E-state index contributed by atoms with van der Waals surface area (Å²) in [5.41, 5.74) is 0. The summed E-state index contributed by atoms with van der Waals surface area (Å²) in [6.07, 6.45) is 1.26. The molecule has 1 saturated heterocycles. The molecule has 1 aliphatic heterocycles. The number of rotatable bonds is 3. The molecule has 0 amide bonds. The molecule has 1 aliphatic rings. The molecule has 4 nitrogen and oxygen atoms in total. The Morgan fingerprint density at radius 3 is 3.11 bits per heavy atom. The number of fused-ring (bicyclic) bond motifs is 1. The van der Waals surface area contributed by atoms with Gasteiger partial charge in [0.25, 0.3) is 0 Å². The third-order valence-corrected chi connectivity index (χ3v) is 4.17. The zero-order valence-corrected chi connectivity index (χ0v) is 11.6. The summed E-state index contributed by atoms with van der Waals surface area (Å²) in [6.45, 7) is 7.44. The number of thiophene rings is 1. The van der Waals surface area contributed by atoms with E-state index >= 15 is 0 Å². The van der Waals surface area contributed by atoms with Crippen molar-refractivity contribution >= 4 is 33.3 Å². The predicted octanol–water partition coefficient (Wildman–Crippen LogP) is 2.97. The maximum Gasteiger partial charge on any atom is 0.226 e. The number of hydrogen-bond acceptors (Lipinski definition) is 5. The molecule has 2 aromatic rings. The van der Waals surface area contributed by atoms with Crippen LogP contribution in [0.1, 0.15) is 20.3 Å². The average Bonchev–Trinajstić information content (AvgIpc) is 2.97. The van der Waals surface area contributed by atoms with Gasteiger partial charge in [-0.3, -0.25) is 0 Å².